The van der Waals surface area contributed by atoms with E-state index in [9.17, 15) is 9.59 Å². The smallest absolute Gasteiger partial charge is 0.305 e. The molecule has 0 heterocycles. The lowest BCUT2D eigenvalue weighted by molar-refractivity contribution is -0.140. The van der Waals surface area contributed by atoms with Crippen molar-refractivity contribution < 1.29 is 14.3 Å². The van der Waals surface area contributed by atoms with E-state index < -0.39 is 7.92 Å². The molecule has 1 amide bonds. The number of rotatable bonds is 10. The summed E-state index contributed by atoms with van der Waals surface area (Å²) in [7, 11) is 4.17. The molecule has 0 aliphatic carbocycles. The first-order valence-electron chi connectivity index (χ1n) is 12.9. The third-order valence-electron chi connectivity index (χ3n) is 6.61. The predicted octanol–water partition coefficient (Wildman–Crippen LogP) is 5.24. The summed E-state index contributed by atoms with van der Waals surface area (Å²) < 4.78 is 4.94. The highest BCUT2D eigenvalue weighted by molar-refractivity contribution is 7.80. The fourth-order valence-electron chi connectivity index (χ4n) is 4.68. The van der Waals surface area contributed by atoms with Gasteiger partial charge in [-0.25, -0.2) is 0 Å². The minimum atomic E-state index is -0.839. The largest absolute Gasteiger partial charge is 0.469 e. The van der Waals surface area contributed by atoms with Crippen LogP contribution in [-0.4, -0.2) is 38.0 Å². The van der Waals surface area contributed by atoms with Crippen molar-refractivity contribution in [1.82, 2.24) is 4.90 Å². The van der Waals surface area contributed by atoms with Crippen molar-refractivity contribution in [3.05, 3.63) is 114 Å². The van der Waals surface area contributed by atoms with Crippen molar-refractivity contribution in [3.8, 4) is 11.1 Å². The van der Waals surface area contributed by atoms with E-state index in [4.69, 9.17) is 4.74 Å². The lowest BCUT2D eigenvalue weighted by Gasteiger charge is -2.25. The average Bonchev–Trinajstić information content (AvgIpc) is 2.96. The number of carbonyl (C=O) groups excluding carboxylic acids is 2. The fraction of sp³-hybridized carbons (Fsp3) is 0.212. The fourth-order valence-corrected chi connectivity index (χ4v) is 7.14. The van der Waals surface area contributed by atoms with Crippen LogP contribution >= 0.6 is 7.92 Å². The summed E-state index contributed by atoms with van der Waals surface area (Å²) in [6.45, 7) is 0. The van der Waals surface area contributed by atoms with Crippen LogP contribution in [0.1, 0.15) is 24.0 Å². The van der Waals surface area contributed by atoms with Gasteiger partial charge in [-0.15, -0.1) is 0 Å². The topological polar surface area (TPSA) is 46.6 Å². The van der Waals surface area contributed by atoms with Crippen molar-refractivity contribution in [3.63, 3.8) is 0 Å². The summed E-state index contributed by atoms with van der Waals surface area (Å²) in [5, 5.41) is 3.81. The van der Waals surface area contributed by atoms with Crippen LogP contribution in [0.25, 0.3) is 11.1 Å². The quantitative estimate of drug-likeness (QED) is 0.211. The zero-order valence-electron chi connectivity index (χ0n) is 22.3. The minimum Gasteiger partial charge on any atom is -0.469 e. The number of nitrogens with zero attached hydrogens (tertiary/aromatic N) is 1. The third-order valence-corrected chi connectivity index (χ3v) is 9.11. The van der Waals surface area contributed by atoms with E-state index in [2.05, 4.69) is 97.1 Å². The lowest BCUT2D eigenvalue weighted by Crippen LogP contribution is -2.23. The van der Waals surface area contributed by atoms with Crippen LogP contribution in [0.15, 0.2) is 103 Å². The number of hydrogen-bond acceptors (Lipinski definition) is 3. The molecule has 4 nitrogen and oxygen atoms in total. The van der Waals surface area contributed by atoms with E-state index in [0.29, 0.717) is 25.7 Å². The van der Waals surface area contributed by atoms with Crippen molar-refractivity contribution in [2.45, 2.75) is 25.7 Å². The normalized spacial score (nSPS) is 10.8. The maximum Gasteiger partial charge on any atom is 0.305 e. The zero-order chi connectivity index (χ0) is 26.9. The van der Waals surface area contributed by atoms with E-state index in [1.165, 1.54) is 23.0 Å². The molecule has 0 fully saturated rings. The monoisotopic (exact) mass is 523 g/mol. The maximum absolute atomic E-state index is 12.5. The lowest BCUT2D eigenvalue weighted by atomic mass is 9.90. The molecular weight excluding hydrogens is 489 g/mol. The number of amides is 1. The molecular formula is C33H34NO3P. The van der Waals surface area contributed by atoms with Crippen molar-refractivity contribution in [2.75, 3.05) is 21.2 Å². The van der Waals surface area contributed by atoms with Crippen molar-refractivity contribution >= 4 is 35.7 Å². The van der Waals surface area contributed by atoms with Crippen LogP contribution in [0.2, 0.25) is 0 Å². The Balaban J connectivity index is 1.89. The number of carbonyl (C=O) groups is 2. The summed E-state index contributed by atoms with van der Waals surface area (Å²) in [6, 6.07) is 36.1. The summed E-state index contributed by atoms with van der Waals surface area (Å²) in [5.41, 5.74) is 4.48. The molecule has 0 saturated heterocycles. The van der Waals surface area contributed by atoms with E-state index in [1.807, 2.05) is 6.07 Å². The second-order valence-electron chi connectivity index (χ2n) is 9.34. The molecule has 0 N–H and O–H groups in total. The van der Waals surface area contributed by atoms with Crippen LogP contribution in [0.3, 0.4) is 0 Å². The molecule has 4 rings (SSSR count). The van der Waals surface area contributed by atoms with Gasteiger partial charge in [0.05, 0.1) is 7.11 Å². The van der Waals surface area contributed by atoms with Gasteiger partial charge in [0.15, 0.2) is 0 Å². The molecule has 0 bridgehead atoms. The molecule has 0 aliphatic heterocycles. The molecule has 0 atom stereocenters. The van der Waals surface area contributed by atoms with Gasteiger partial charge in [-0.2, -0.15) is 0 Å². The van der Waals surface area contributed by atoms with E-state index in [1.54, 1.807) is 19.0 Å². The number of ether oxygens (including phenoxy) is 1. The Labute approximate surface area is 227 Å². The summed E-state index contributed by atoms with van der Waals surface area (Å²) in [4.78, 5) is 26.2. The molecule has 0 unspecified atom stereocenters. The van der Waals surface area contributed by atoms with Gasteiger partial charge < -0.3 is 9.64 Å². The Bertz CT molecular complexity index is 1330. The number of aryl methyl sites for hydroxylation is 2. The Morgan fingerprint density at radius 3 is 1.76 bits per heavy atom. The van der Waals surface area contributed by atoms with Gasteiger partial charge in [-0.3, -0.25) is 9.59 Å². The molecule has 194 valence electrons. The van der Waals surface area contributed by atoms with E-state index in [0.717, 1.165) is 22.3 Å². The summed E-state index contributed by atoms with van der Waals surface area (Å²) >= 11 is 0. The number of hydrogen-bond donors (Lipinski definition) is 0. The first-order valence-corrected chi connectivity index (χ1v) is 14.2. The van der Waals surface area contributed by atoms with Gasteiger partial charge in [0.1, 0.15) is 0 Å². The molecule has 0 saturated carbocycles. The van der Waals surface area contributed by atoms with Crippen LogP contribution < -0.4 is 15.9 Å². The first kappa shape index (κ1) is 27.3. The molecule has 0 aromatic heterocycles. The standard InChI is InChI=1S/C33H34NO3P/c1-34(2)31(35)23-21-25-13-12-14-26(22-24-32(36)37-3)33(25)29-19-10-11-20-30(29)38(27-15-6-4-7-16-27)28-17-8-5-9-18-28/h4-20H,21-24H2,1-3H3. The second-order valence-corrected chi connectivity index (χ2v) is 11.5. The highest BCUT2D eigenvalue weighted by Crippen LogP contribution is 2.39. The Morgan fingerprint density at radius 2 is 1.21 bits per heavy atom. The first-order chi connectivity index (χ1) is 18.5. The number of benzene rings is 4. The molecule has 0 spiro atoms. The summed E-state index contributed by atoms with van der Waals surface area (Å²) in [6.07, 6.45) is 1.92. The number of methoxy groups -OCH3 is 1. The zero-order valence-corrected chi connectivity index (χ0v) is 23.2. The van der Waals surface area contributed by atoms with Gasteiger partial charge in [0.2, 0.25) is 5.91 Å². The van der Waals surface area contributed by atoms with Gasteiger partial charge in [-0.05, 0) is 58.9 Å². The van der Waals surface area contributed by atoms with E-state index >= 15 is 0 Å². The predicted molar refractivity (Wildman–Crippen MR) is 158 cm³/mol. The Hall–Kier alpha value is -3.75. The minimum absolute atomic E-state index is 0.0972. The second kappa shape index (κ2) is 13.2. The van der Waals surface area contributed by atoms with Crippen LogP contribution in [-0.2, 0) is 27.2 Å². The van der Waals surface area contributed by atoms with Gasteiger partial charge >= 0.3 is 5.97 Å². The average molecular weight is 524 g/mol. The van der Waals surface area contributed by atoms with Crippen molar-refractivity contribution in [2.24, 2.45) is 0 Å². The van der Waals surface area contributed by atoms with Gasteiger partial charge in [0, 0.05) is 26.9 Å². The van der Waals surface area contributed by atoms with Crippen molar-refractivity contribution in [1.29, 1.82) is 0 Å². The number of esters is 1. The van der Waals surface area contributed by atoms with Gasteiger partial charge in [-0.1, -0.05) is 103 Å². The van der Waals surface area contributed by atoms with Gasteiger partial charge in [0.25, 0.3) is 0 Å². The molecule has 4 aromatic rings. The van der Waals surface area contributed by atoms with Crippen LogP contribution in [0, 0.1) is 0 Å². The Kier molecular flexibility index (Phi) is 9.46. The van der Waals surface area contributed by atoms with E-state index in [-0.39, 0.29) is 11.9 Å². The SMILES string of the molecule is COC(=O)CCc1cccc(CCC(=O)N(C)C)c1-c1ccccc1P(c1ccccc1)c1ccccc1. The van der Waals surface area contributed by atoms with Crippen LogP contribution in [0.5, 0.6) is 0 Å². The molecule has 5 heteroatoms. The molecule has 0 aliphatic rings. The third kappa shape index (κ3) is 6.57. The molecule has 38 heavy (non-hydrogen) atoms. The highest BCUT2D eigenvalue weighted by atomic mass is 31.1. The highest BCUT2D eigenvalue weighted by Gasteiger charge is 2.23. The maximum atomic E-state index is 12.5. The van der Waals surface area contributed by atoms with Crippen LogP contribution in [0.4, 0.5) is 0 Å². The molecule has 4 aromatic carbocycles. The summed E-state index contributed by atoms with van der Waals surface area (Å²) in [5.74, 6) is -0.131. The Morgan fingerprint density at radius 1 is 0.684 bits per heavy atom. The molecule has 0 radical (unpaired) electrons.